The second-order valence-corrected chi connectivity index (χ2v) is 7.02. The summed E-state index contributed by atoms with van der Waals surface area (Å²) in [5.74, 6) is 0.328. The lowest BCUT2D eigenvalue weighted by Gasteiger charge is -2.20. The zero-order valence-corrected chi connectivity index (χ0v) is 14.9. The van der Waals surface area contributed by atoms with Crippen LogP contribution in [0.4, 0.5) is 11.4 Å². The third-order valence-electron chi connectivity index (χ3n) is 3.37. The first kappa shape index (κ1) is 17.9. The lowest BCUT2D eigenvalue weighted by atomic mass is 9.87. The average Bonchev–Trinajstić information content (AvgIpc) is 2.48. The molecule has 0 spiro atoms. The molecule has 0 bridgehead atoms. The maximum absolute atomic E-state index is 11.1. The van der Waals surface area contributed by atoms with Crippen LogP contribution in [0.1, 0.15) is 26.3 Å². The zero-order chi connectivity index (χ0) is 18.1. The number of rotatable bonds is 4. The predicted octanol–water partition coefficient (Wildman–Crippen LogP) is 5.36. The van der Waals surface area contributed by atoms with E-state index in [0.29, 0.717) is 10.2 Å². The lowest BCUT2D eigenvalue weighted by Crippen LogP contribution is -2.10. The minimum Gasteiger partial charge on any atom is -0.449 e. The van der Waals surface area contributed by atoms with Gasteiger partial charge in [-0.15, -0.1) is 0 Å². The molecule has 0 saturated carbocycles. The summed E-state index contributed by atoms with van der Waals surface area (Å²) in [6.45, 7) is 6.20. The smallest absolute Gasteiger partial charge is 0.318 e. The molecule has 0 amide bonds. The highest BCUT2D eigenvalue weighted by atomic mass is 79.9. The Hall–Kier alpha value is -2.48. The Kier molecular flexibility index (Phi) is 4.88. The van der Waals surface area contributed by atoms with Crippen molar-refractivity contribution >= 4 is 27.3 Å². The first-order valence-corrected chi connectivity index (χ1v) is 7.79. The number of halogens is 1. The van der Waals surface area contributed by atoms with Crippen LogP contribution in [0.3, 0.4) is 0 Å². The van der Waals surface area contributed by atoms with Gasteiger partial charge in [-0.2, -0.15) is 0 Å². The molecule has 8 heteroatoms. The van der Waals surface area contributed by atoms with Gasteiger partial charge in [0.2, 0.25) is 5.75 Å². The van der Waals surface area contributed by atoms with Crippen LogP contribution in [0.5, 0.6) is 11.5 Å². The van der Waals surface area contributed by atoms with Gasteiger partial charge in [0.05, 0.1) is 20.4 Å². The van der Waals surface area contributed by atoms with Crippen molar-refractivity contribution in [1.29, 1.82) is 0 Å². The van der Waals surface area contributed by atoms with Gasteiger partial charge >= 0.3 is 5.69 Å². The van der Waals surface area contributed by atoms with Gasteiger partial charge in [0.1, 0.15) is 5.75 Å². The number of nitro groups is 2. The molecule has 0 saturated heterocycles. The van der Waals surface area contributed by atoms with Gasteiger partial charge in [0.25, 0.3) is 5.69 Å². The summed E-state index contributed by atoms with van der Waals surface area (Å²) in [6.07, 6.45) is 0. The first-order chi connectivity index (χ1) is 11.1. The van der Waals surface area contributed by atoms with E-state index in [0.717, 1.165) is 11.6 Å². The van der Waals surface area contributed by atoms with Crippen LogP contribution in [-0.4, -0.2) is 9.85 Å². The van der Waals surface area contributed by atoms with E-state index in [4.69, 9.17) is 4.74 Å². The fourth-order valence-corrected chi connectivity index (χ4v) is 2.48. The van der Waals surface area contributed by atoms with E-state index in [1.807, 2.05) is 12.1 Å². The largest absolute Gasteiger partial charge is 0.449 e. The average molecular weight is 395 g/mol. The van der Waals surface area contributed by atoms with E-state index in [-0.39, 0.29) is 16.9 Å². The summed E-state index contributed by atoms with van der Waals surface area (Å²) in [6, 6.07) is 8.73. The highest BCUT2D eigenvalue weighted by Gasteiger charge is 2.22. The summed E-state index contributed by atoms with van der Waals surface area (Å²) >= 11 is 3.39. The fraction of sp³-hybridized carbons (Fsp3) is 0.250. The van der Waals surface area contributed by atoms with Crippen LogP contribution in [0, 0.1) is 20.2 Å². The monoisotopic (exact) mass is 394 g/mol. The molecule has 2 rings (SSSR count). The van der Waals surface area contributed by atoms with Crippen LogP contribution in [-0.2, 0) is 5.41 Å². The van der Waals surface area contributed by atoms with Gasteiger partial charge in [-0.25, -0.2) is 0 Å². The van der Waals surface area contributed by atoms with Crippen molar-refractivity contribution in [3.8, 4) is 11.5 Å². The third kappa shape index (κ3) is 3.88. The number of nitrogens with zero attached hydrogens (tertiary/aromatic N) is 2. The van der Waals surface area contributed by atoms with Crippen molar-refractivity contribution in [2.45, 2.75) is 26.2 Å². The van der Waals surface area contributed by atoms with E-state index < -0.39 is 15.5 Å². The molecular weight excluding hydrogens is 380 g/mol. The standard InChI is InChI=1S/C16H15BrN2O5/c1-16(2,3)10-4-6-14(12(17)8-10)24-15-7-5-11(18(20)21)9-13(15)19(22)23/h4-9H,1-3H3. The number of benzene rings is 2. The Bertz CT molecular complexity index is 815. The summed E-state index contributed by atoms with van der Waals surface area (Å²) in [5.41, 5.74) is 0.188. The first-order valence-electron chi connectivity index (χ1n) is 7.00. The Labute approximate surface area is 146 Å². The number of hydrogen-bond acceptors (Lipinski definition) is 5. The minimum atomic E-state index is -0.709. The Balaban J connectivity index is 2.41. The summed E-state index contributed by atoms with van der Waals surface area (Å²) < 4.78 is 6.23. The molecule has 0 N–H and O–H groups in total. The van der Waals surface area contributed by atoms with Gasteiger partial charge in [-0.1, -0.05) is 26.8 Å². The molecule has 0 heterocycles. The van der Waals surface area contributed by atoms with E-state index in [2.05, 4.69) is 36.7 Å². The highest BCUT2D eigenvalue weighted by Crippen LogP contribution is 2.38. The summed E-state index contributed by atoms with van der Waals surface area (Å²) in [5, 5.41) is 21.9. The van der Waals surface area contributed by atoms with Gasteiger partial charge < -0.3 is 4.74 Å². The second kappa shape index (κ2) is 6.56. The van der Waals surface area contributed by atoms with Crippen molar-refractivity contribution < 1.29 is 14.6 Å². The SMILES string of the molecule is CC(C)(C)c1ccc(Oc2ccc([N+](=O)[O-])cc2[N+](=O)[O-])c(Br)c1. The van der Waals surface area contributed by atoms with E-state index >= 15 is 0 Å². The van der Waals surface area contributed by atoms with Gasteiger partial charge in [-0.3, -0.25) is 20.2 Å². The Morgan fingerprint density at radius 1 is 0.958 bits per heavy atom. The van der Waals surface area contributed by atoms with E-state index in [1.165, 1.54) is 12.1 Å². The van der Waals surface area contributed by atoms with Crippen LogP contribution >= 0.6 is 15.9 Å². The van der Waals surface area contributed by atoms with Crippen LogP contribution in [0.2, 0.25) is 0 Å². The van der Waals surface area contributed by atoms with Gasteiger partial charge in [0.15, 0.2) is 0 Å². The predicted molar refractivity (Wildman–Crippen MR) is 92.7 cm³/mol. The molecule has 126 valence electrons. The minimum absolute atomic E-state index is 0.0552. The zero-order valence-electron chi connectivity index (χ0n) is 13.3. The molecular formula is C16H15BrN2O5. The van der Waals surface area contributed by atoms with Crippen molar-refractivity contribution in [2.24, 2.45) is 0 Å². The van der Waals surface area contributed by atoms with Crippen LogP contribution in [0.15, 0.2) is 40.9 Å². The highest BCUT2D eigenvalue weighted by molar-refractivity contribution is 9.10. The quantitative estimate of drug-likeness (QED) is 0.513. The lowest BCUT2D eigenvalue weighted by molar-refractivity contribution is -0.394. The summed E-state index contributed by atoms with van der Waals surface area (Å²) in [4.78, 5) is 20.5. The van der Waals surface area contributed by atoms with Gasteiger partial charge in [-0.05, 0) is 45.1 Å². The molecule has 0 aromatic heterocycles. The van der Waals surface area contributed by atoms with Crippen molar-refractivity contribution in [3.63, 3.8) is 0 Å². The summed E-state index contributed by atoms with van der Waals surface area (Å²) in [7, 11) is 0. The number of hydrogen-bond donors (Lipinski definition) is 0. The second-order valence-electron chi connectivity index (χ2n) is 6.16. The molecule has 0 unspecified atom stereocenters. The normalized spacial score (nSPS) is 11.2. The molecule has 2 aromatic rings. The van der Waals surface area contributed by atoms with Crippen LogP contribution < -0.4 is 4.74 Å². The molecule has 0 fully saturated rings. The molecule has 0 aliphatic heterocycles. The molecule has 0 radical (unpaired) electrons. The maximum Gasteiger partial charge on any atom is 0.318 e. The fourth-order valence-electron chi connectivity index (χ4n) is 2.02. The Morgan fingerprint density at radius 3 is 2.08 bits per heavy atom. The van der Waals surface area contributed by atoms with E-state index in [9.17, 15) is 20.2 Å². The third-order valence-corrected chi connectivity index (χ3v) is 3.99. The number of nitro benzene ring substituents is 2. The van der Waals surface area contributed by atoms with Crippen molar-refractivity contribution in [2.75, 3.05) is 0 Å². The van der Waals surface area contributed by atoms with Crippen LogP contribution in [0.25, 0.3) is 0 Å². The molecule has 24 heavy (non-hydrogen) atoms. The Morgan fingerprint density at radius 2 is 1.58 bits per heavy atom. The van der Waals surface area contributed by atoms with Crippen molar-refractivity contribution in [1.82, 2.24) is 0 Å². The molecule has 2 aromatic carbocycles. The molecule has 0 aliphatic carbocycles. The molecule has 0 aliphatic rings. The van der Waals surface area contributed by atoms with E-state index in [1.54, 1.807) is 6.07 Å². The number of ether oxygens (including phenoxy) is 1. The van der Waals surface area contributed by atoms with Crippen molar-refractivity contribution in [3.05, 3.63) is 66.7 Å². The maximum atomic E-state index is 11.1. The topological polar surface area (TPSA) is 95.5 Å². The van der Waals surface area contributed by atoms with Gasteiger partial charge in [0, 0.05) is 6.07 Å². The molecule has 7 nitrogen and oxygen atoms in total. The number of non-ortho nitro benzene ring substituents is 1. The molecule has 0 atom stereocenters.